The van der Waals surface area contributed by atoms with Gasteiger partial charge < -0.3 is 19.5 Å². The number of amides is 1. The molecule has 1 aliphatic rings. The Hall–Kier alpha value is -3.59. The van der Waals surface area contributed by atoms with Crippen molar-refractivity contribution in [2.75, 3.05) is 52.3 Å². The number of nitrogens with zero attached hydrogens (tertiary/aromatic N) is 1. The number of hydrogen-bond acceptors (Lipinski definition) is 7. The second-order valence-electron chi connectivity index (χ2n) is 11.6. The van der Waals surface area contributed by atoms with Gasteiger partial charge in [-0.2, -0.15) is 0 Å². The number of allylic oxidation sites excluding steroid dienone is 5. The molecule has 7 nitrogen and oxygen atoms in total. The van der Waals surface area contributed by atoms with Gasteiger partial charge in [0.2, 0.25) is 5.91 Å². The van der Waals surface area contributed by atoms with Crippen molar-refractivity contribution in [2.45, 2.75) is 58.3 Å². The molecule has 1 amide bonds. The lowest BCUT2D eigenvalue weighted by Crippen LogP contribution is -2.41. The fourth-order valence-electron chi connectivity index (χ4n) is 4.79. The predicted molar refractivity (Wildman–Crippen MR) is 190 cm³/mol. The molecule has 0 unspecified atom stereocenters. The van der Waals surface area contributed by atoms with E-state index in [2.05, 4.69) is 56.1 Å². The molecule has 0 saturated carbocycles. The van der Waals surface area contributed by atoms with Crippen molar-refractivity contribution in [1.29, 1.82) is 0 Å². The number of thioether (sulfide) groups is 1. The van der Waals surface area contributed by atoms with Gasteiger partial charge in [0.05, 0.1) is 25.9 Å². The molecule has 1 fully saturated rings. The lowest BCUT2D eigenvalue weighted by molar-refractivity contribution is -0.116. The standard InChI is InChI=1S/C38H50N2O5S/c1-29(2)10-8-11-30(3)12-9-13-31(4)20-27-46-36-15-7-6-14-33(36)38(42)45-34-18-16-32(28-35(34)43-5)17-19-37(41)39-21-22-40-23-25-44-26-24-40/h6-7,10,12,14-20,28H,8-9,11,13,21-27H2,1-5H3,(H,39,41)/b19-17+,30-12+,31-20+. The van der Waals surface area contributed by atoms with Gasteiger partial charge >= 0.3 is 5.97 Å². The Kier molecular flexibility index (Phi) is 16.4. The normalized spacial score (nSPS) is 14.3. The fraction of sp³-hybridized carbons (Fsp3) is 0.421. The maximum Gasteiger partial charge on any atom is 0.344 e. The SMILES string of the molecule is COc1cc(/C=C/C(=O)NCCN2CCOCC2)ccc1OC(=O)c1ccccc1SC/C=C(\C)CC/C=C(\C)CCC=C(C)C. The molecular formula is C38H50N2O5S. The molecule has 1 N–H and O–H groups in total. The summed E-state index contributed by atoms with van der Waals surface area (Å²) in [6.07, 6.45) is 14.3. The molecular weight excluding hydrogens is 596 g/mol. The first kappa shape index (κ1) is 36.9. The molecule has 1 saturated heterocycles. The van der Waals surface area contributed by atoms with E-state index < -0.39 is 5.97 Å². The molecule has 2 aromatic carbocycles. The van der Waals surface area contributed by atoms with Gasteiger partial charge in [0.1, 0.15) is 0 Å². The zero-order valence-electron chi connectivity index (χ0n) is 28.1. The van der Waals surface area contributed by atoms with Crippen molar-refractivity contribution in [3.8, 4) is 11.5 Å². The molecule has 8 heteroatoms. The number of carbonyl (C=O) groups excluding carboxylic acids is 2. The Morgan fingerprint density at radius 2 is 1.65 bits per heavy atom. The Labute approximate surface area is 279 Å². The average Bonchev–Trinajstić information content (AvgIpc) is 3.04. The number of esters is 1. The number of morpholine rings is 1. The molecule has 2 aromatic rings. The van der Waals surface area contributed by atoms with Crippen LogP contribution in [-0.4, -0.2) is 69.0 Å². The summed E-state index contributed by atoms with van der Waals surface area (Å²) in [4.78, 5) is 28.7. The predicted octanol–water partition coefficient (Wildman–Crippen LogP) is 7.89. The van der Waals surface area contributed by atoms with Gasteiger partial charge in [-0.25, -0.2) is 4.79 Å². The monoisotopic (exact) mass is 646 g/mol. The van der Waals surface area contributed by atoms with E-state index in [1.807, 2.05) is 18.2 Å². The minimum Gasteiger partial charge on any atom is -0.493 e. The van der Waals surface area contributed by atoms with Crippen molar-refractivity contribution in [1.82, 2.24) is 10.2 Å². The van der Waals surface area contributed by atoms with Crippen molar-refractivity contribution < 1.29 is 23.8 Å². The molecule has 248 valence electrons. The zero-order valence-corrected chi connectivity index (χ0v) is 28.9. The van der Waals surface area contributed by atoms with Crippen molar-refractivity contribution >= 4 is 29.7 Å². The Bertz CT molecular complexity index is 1400. The summed E-state index contributed by atoms with van der Waals surface area (Å²) in [5, 5.41) is 2.91. The molecule has 0 radical (unpaired) electrons. The molecule has 1 aliphatic heterocycles. The zero-order chi connectivity index (χ0) is 33.1. The molecule has 0 aliphatic carbocycles. The topological polar surface area (TPSA) is 77.1 Å². The number of hydrogen-bond donors (Lipinski definition) is 1. The summed E-state index contributed by atoms with van der Waals surface area (Å²) in [6, 6.07) is 12.7. The van der Waals surface area contributed by atoms with Crippen LogP contribution in [0.25, 0.3) is 6.08 Å². The first-order valence-corrected chi connectivity index (χ1v) is 17.1. The number of benzene rings is 2. The lowest BCUT2D eigenvalue weighted by atomic mass is 10.1. The first-order valence-electron chi connectivity index (χ1n) is 16.1. The maximum absolute atomic E-state index is 13.2. The summed E-state index contributed by atoms with van der Waals surface area (Å²) < 4.78 is 16.6. The van der Waals surface area contributed by atoms with Crippen molar-refractivity contribution in [3.63, 3.8) is 0 Å². The molecule has 0 spiro atoms. The Balaban J connectivity index is 1.51. The number of methoxy groups -OCH3 is 1. The van der Waals surface area contributed by atoms with Gasteiger partial charge in [-0.1, -0.05) is 53.1 Å². The van der Waals surface area contributed by atoms with Crippen LogP contribution < -0.4 is 14.8 Å². The number of rotatable bonds is 17. The molecule has 0 bridgehead atoms. The highest BCUT2D eigenvalue weighted by Gasteiger charge is 2.16. The summed E-state index contributed by atoms with van der Waals surface area (Å²) in [5.74, 6) is 0.885. The second-order valence-corrected chi connectivity index (χ2v) is 12.7. The molecule has 0 aromatic heterocycles. The minimum atomic E-state index is -0.446. The highest BCUT2D eigenvalue weighted by molar-refractivity contribution is 7.99. The fourth-order valence-corrected chi connectivity index (χ4v) is 5.82. The summed E-state index contributed by atoms with van der Waals surface area (Å²) in [7, 11) is 1.53. The highest BCUT2D eigenvalue weighted by Crippen LogP contribution is 2.31. The van der Waals surface area contributed by atoms with Crippen molar-refractivity contribution in [3.05, 3.63) is 94.6 Å². The van der Waals surface area contributed by atoms with Gasteiger partial charge in [0.15, 0.2) is 11.5 Å². The molecule has 0 atom stereocenters. The second kappa shape index (κ2) is 20.5. The van der Waals surface area contributed by atoms with Crippen LogP contribution in [0.1, 0.15) is 69.3 Å². The summed E-state index contributed by atoms with van der Waals surface area (Å²) >= 11 is 1.62. The van der Waals surface area contributed by atoms with Crippen LogP contribution in [-0.2, 0) is 9.53 Å². The molecule has 1 heterocycles. The number of carbonyl (C=O) groups is 2. The Morgan fingerprint density at radius 1 is 0.935 bits per heavy atom. The largest absolute Gasteiger partial charge is 0.493 e. The van der Waals surface area contributed by atoms with E-state index >= 15 is 0 Å². The van der Waals surface area contributed by atoms with E-state index in [-0.39, 0.29) is 5.91 Å². The maximum atomic E-state index is 13.2. The van der Waals surface area contributed by atoms with Gasteiger partial charge in [0, 0.05) is 42.9 Å². The molecule has 3 rings (SSSR count). The van der Waals surface area contributed by atoms with E-state index in [4.69, 9.17) is 14.2 Å². The van der Waals surface area contributed by atoms with Crippen LogP contribution >= 0.6 is 11.8 Å². The van der Waals surface area contributed by atoms with Crippen LogP contribution in [0.5, 0.6) is 11.5 Å². The van der Waals surface area contributed by atoms with E-state index in [0.717, 1.165) is 74.7 Å². The summed E-state index contributed by atoms with van der Waals surface area (Å²) in [5.41, 5.74) is 5.41. The van der Waals surface area contributed by atoms with Gasteiger partial charge in [-0.15, -0.1) is 11.8 Å². The highest BCUT2D eigenvalue weighted by atomic mass is 32.2. The first-order chi connectivity index (χ1) is 22.2. The van der Waals surface area contributed by atoms with E-state index in [9.17, 15) is 9.59 Å². The quantitative estimate of drug-likeness (QED) is 0.0616. The van der Waals surface area contributed by atoms with E-state index in [0.29, 0.717) is 23.6 Å². The lowest BCUT2D eigenvalue weighted by Gasteiger charge is -2.26. The van der Waals surface area contributed by atoms with Crippen LogP contribution in [0.4, 0.5) is 0 Å². The third-order valence-electron chi connectivity index (χ3n) is 7.55. The van der Waals surface area contributed by atoms with Crippen LogP contribution in [0, 0.1) is 0 Å². The Morgan fingerprint density at radius 3 is 2.39 bits per heavy atom. The van der Waals surface area contributed by atoms with Crippen molar-refractivity contribution in [2.24, 2.45) is 0 Å². The van der Waals surface area contributed by atoms with Gasteiger partial charge in [-0.05, 0) is 89.3 Å². The van der Waals surface area contributed by atoms with Crippen LogP contribution in [0.2, 0.25) is 0 Å². The molecule has 46 heavy (non-hydrogen) atoms. The van der Waals surface area contributed by atoms with Crippen LogP contribution in [0.15, 0.2) is 88.4 Å². The number of nitrogens with one attached hydrogen (secondary N) is 1. The third kappa shape index (κ3) is 13.8. The smallest absolute Gasteiger partial charge is 0.344 e. The third-order valence-corrected chi connectivity index (χ3v) is 8.55. The van der Waals surface area contributed by atoms with E-state index in [1.165, 1.54) is 29.9 Å². The minimum absolute atomic E-state index is 0.167. The van der Waals surface area contributed by atoms with E-state index in [1.54, 1.807) is 42.1 Å². The average molecular weight is 647 g/mol. The van der Waals surface area contributed by atoms with Gasteiger partial charge in [-0.3, -0.25) is 9.69 Å². The van der Waals surface area contributed by atoms with Gasteiger partial charge in [0.25, 0.3) is 0 Å². The summed E-state index contributed by atoms with van der Waals surface area (Å²) in [6.45, 7) is 13.3. The van der Waals surface area contributed by atoms with Crippen LogP contribution in [0.3, 0.4) is 0 Å². The number of ether oxygens (including phenoxy) is 3.